The van der Waals surface area contributed by atoms with E-state index in [0.717, 1.165) is 25.0 Å². The van der Waals surface area contributed by atoms with E-state index < -0.39 is 0 Å². The number of isocyanates is 1. The van der Waals surface area contributed by atoms with E-state index in [1.165, 1.54) is 5.56 Å². The molecule has 1 fully saturated rings. The number of aryl methyl sites for hydroxylation is 1. The molecular weight excluding hydrogens is 202 g/mol. The minimum atomic E-state index is 0.104. The zero-order valence-corrected chi connectivity index (χ0v) is 9.35. The van der Waals surface area contributed by atoms with Gasteiger partial charge >= 0.3 is 0 Å². The monoisotopic (exact) mass is 217 g/mol. The van der Waals surface area contributed by atoms with E-state index >= 15 is 0 Å². The van der Waals surface area contributed by atoms with E-state index in [1.54, 1.807) is 6.08 Å². The van der Waals surface area contributed by atoms with Crippen molar-refractivity contribution in [3.05, 3.63) is 29.8 Å². The first-order valence-corrected chi connectivity index (χ1v) is 5.58. The van der Waals surface area contributed by atoms with Crippen LogP contribution in [0.15, 0.2) is 29.3 Å². The molecule has 1 aromatic carbocycles. The average molecular weight is 217 g/mol. The summed E-state index contributed by atoms with van der Waals surface area (Å²) in [6.45, 7) is 2.04. The van der Waals surface area contributed by atoms with Crippen molar-refractivity contribution < 1.29 is 9.53 Å². The number of aliphatic imine (C=N–C) groups is 1. The molecule has 3 heteroatoms. The van der Waals surface area contributed by atoms with Crippen molar-refractivity contribution in [1.29, 1.82) is 0 Å². The summed E-state index contributed by atoms with van der Waals surface area (Å²) in [5, 5.41) is 0. The Morgan fingerprint density at radius 3 is 3.06 bits per heavy atom. The lowest BCUT2D eigenvalue weighted by molar-refractivity contribution is 0.208. The lowest BCUT2D eigenvalue weighted by atomic mass is 10.2. The maximum Gasteiger partial charge on any atom is 0.235 e. The molecule has 0 amide bonds. The molecule has 2 rings (SSSR count). The lowest BCUT2D eigenvalue weighted by Crippen LogP contribution is -2.12. The molecule has 0 saturated heterocycles. The molecule has 0 aliphatic heterocycles. The highest BCUT2D eigenvalue weighted by atomic mass is 16.5. The molecule has 0 heterocycles. The minimum Gasteiger partial charge on any atom is -0.490 e. The molecule has 0 bridgehead atoms. The van der Waals surface area contributed by atoms with Crippen LogP contribution in [0.25, 0.3) is 0 Å². The molecule has 16 heavy (non-hydrogen) atoms. The molecule has 0 spiro atoms. The van der Waals surface area contributed by atoms with Crippen molar-refractivity contribution in [2.75, 3.05) is 0 Å². The second kappa shape index (κ2) is 4.95. The van der Waals surface area contributed by atoms with Gasteiger partial charge in [-0.05, 0) is 37.5 Å². The number of hydrogen-bond donors (Lipinski definition) is 0. The standard InChI is InChI=1S/C13H15NO2/c1-10-3-2-4-12(7-10)16-13-6-5-11(8-13)14-9-15/h2-4,7,11,13H,5-6,8H2,1H3. The molecule has 0 radical (unpaired) electrons. The van der Waals surface area contributed by atoms with Crippen LogP contribution in [0.3, 0.4) is 0 Å². The number of ether oxygens (including phenoxy) is 1. The van der Waals surface area contributed by atoms with Gasteiger partial charge in [0.15, 0.2) is 0 Å². The summed E-state index contributed by atoms with van der Waals surface area (Å²) in [6.07, 6.45) is 4.51. The van der Waals surface area contributed by atoms with E-state index in [0.29, 0.717) is 0 Å². The number of carbonyl (C=O) groups excluding carboxylic acids is 1. The zero-order chi connectivity index (χ0) is 11.4. The summed E-state index contributed by atoms with van der Waals surface area (Å²) in [5.74, 6) is 0.903. The Hall–Kier alpha value is -1.60. The van der Waals surface area contributed by atoms with E-state index in [-0.39, 0.29) is 12.1 Å². The number of benzene rings is 1. The maximum atomic E-state index is 10.1. The van der Waals surface area contributed by atoms with E-state index in [9.17, 15) is 4.79 Å². The second-order valence-electron chi connectivity index (χ2n) is 4.24. The van der Waals surface area contributed by atoms with Gasteiger partial charge in [0.05, 0.1) is 6.04 Å². The molecule has 1 aromatic rings. The lowest BCUT2D eigenvalue weighted by Gasteiger charge is -2.13. The zero-order valence-electron chi connectivity index (χ0n) is 9.35. The highest BCUT2D eigenvalue weighted by Crippen LogP contribution is 2.26. The molecule has 84 valence electrons. The van der Waals surface area contributed by atoms with E-state index in [4.69, 9.17) is 4.74 Å². The Morgan fingerprint density at radius 1 is 1.44 bits per heavy atom. The molecule has 2 atom stereocenters. The number of nitrogens with zero attached hydrogens (tertiary/aromatic N) is 1. The summed E-state index contributed by atoms with van der Waals surface area (Å²) in [4.78, 5) is 13.9. The minimum absolute atomic E-state index is 0.104. The highest BCUT2D eigenvalue weighted by molar-refractivity contribution is 5.33. The first kappa shape index (κ1) is 10.9. The quantitative estimate of drug-likeness (QED) is 0.576. The smallest absolute Gasteiger partial charge is 0.235 e. The van der Waals surface area contributed by atoms with Gasteiger partial charge in [0, 0.05) is 6.42 Å². The Balaban J connectivity index is 1.94. The summed E-state index contributed by atoms with van der Waals surface area (Å²) in [7, 11) is 0. The highest BCUT2D eigenvalue weighted by Gasteiger charge is 2.25. The fraction of sp³-hybridized carbons (Fsp3) is 0.462. The van der Waals surface area contributed by atoms with Gasteiger partial charge in [-0.15, -0.1) is 0 Å². The summed E-state index contributed by atoms with van der Waals surface area (Å²) in [6, 6.07) is 8.12. The van der Waals surface area contributed by atoms with Crippen LogP contribution >= 0.6 is 0 Å². The van der Waals surface area contributed by atoms with Crippen molar-refractivity contribution in [3.8, 4) is 5.75 Å². The topological polar surface area (TPSA) is 38.7 Å². The molecule has 2 unspecified atom stereocenters. The van der Waals surface area contributed by atoms with Crippen LogP contribution in [0.4, 0.5) is 0 Å². The molecule has 1 aliphatic carbocycles. The third-order valence-corrected chi connectivity index (χ3v) is 2.88. The van der Waals surface area contributed by atoms with Crippen LogP contribution in [0.1, 0.15) is 24.8 Å². The normalized spacial score (nSPS) is 23.8. The molecule has 0 N–H and O–H groups in total. The van der Waals surface area contributed by atoms with Crippen LogP contribution in [0, 0.1) is 6.92 Å². The van der Waals surface area contributed by atoms with Crippen LogP contribution in [0.5, 0.6) is 5.75 Å². The molecular formula is C13H15NO2. The van der Waals surface area contributed by atoms with Crippen molar-refractivity contribution in [2.45, 2.75) is 38.3 Å². The Labute approximate surface area is 95.2 Å². The van der Waals surface area contributed by atoms with Crippen LogP contribution in [-0.4, -0.2) is 18.2 Å². The van der Waals surface area contributed by atoms with Gasteiger partial charge in [0.2, 0.25) is 6.08 Å². The number of rotatable bonds is 3. The van der Waals surface area contributed by atoms with Crippen LogP contribution in [0.2, 0.25) is 0 Å². The fourth-order valence-electron chi connectivity index (χ4n) is 2.10. The third kappa shape index (κ3) is 2.71. The van der Waals surface area contributed by atoms with E-state index in [2.05, 4.69) is 4.99 Å². The average Bonchev–Trinajstić information content (AvgIpc) is 2.66. The van der Waals surface area contributed by atoms with E-state index in [1.807, 2.05) is 31.2 Å². The van der Waals surface area contributed by atoms with Gasteiger partial charge in [0.1, 0.15) is 11.9 Å². The van der Waals surface area contributed by atoms with Crippen LogP contribution in [-0.2, 0) is 4.79 Å². The van der Waals surface area contributed by atoms with Crippen molar-refractivity contribution in [2.24, 2.45) is 4.99 Å². The third-order valence-electron chi connectivity index (χ3n) is 2.88. The summed E-state index contributed by atoms with van der Waals surface area (Å²) >= 11 is 0. The SMILES string of the molecule is Cc1cccc(OC2CCC(N=C=O)C2)c1. The Kier molecular flexibility index (Phi) is 3.37. The van der Waals surface area contributed by atoms with Gasteiger partial charge < -0.3 is 4.74 Å². The van der Waals surface area contributed by atoms with Crippen molar-refractivity contribution in [1.82, 2.24) is 0 Å². The predicted molar refractivity (Wildman–Crippen MR) is 61.4 cm³/mol. The van der Waals surface area contributed by atoms with Gasteiger partial charge in [-0.25, -0.2) is 9.79 Å². The van der Waals surface area contributed by atoms with Gasteiger partial charge in [-0.3, -0.25) is 0 Å². The Morgan fingerprint density at radius 2 is 2.31 bits per heavy atom. The van der Waals surface area contributed by atoms with Gasteiger partial charge in [0.25, 0.3) is 0 Å². The van der Waals surface area contributed by atoms with Crippen LogP contribution < -0.4 is 4.74 Å². The fourth-order valence-corrected chi connectivity index (χ4v) is 2.10. The van der Waals surface area contributed by atoms with Gasteiger partial charge in [-0.1, -0.05) is 12.1 Å². The summed E-state index contributed by atoms with van der Waals surface area (Å²) < 4.78 is 5.84. The van der Waals surface area contributed by atoms with Crippen molar-refractivity contribution >= 4 is 6.08 Å². The number of hydrogen-bond acceptors (Lipinski definition) is 3. The molecule has 1 saturated carbocycles. The Bertz CT molecular complexity index is 410. The molecule has 3 nitrogen and oxygen atoms in total. The largest absolute Gasteiger partial charge is 0.490 e. The maximum absolute atomic E-state index is 10.1. The predicted octanol–water partition coefficient (Wildman–Crippen LogP) is 2.63. The molecule has 0 aromatic heterocycles. The first-order valence-electron chi connectivity index (χ1n) is 5.58. The van der Waals surface area contributed by atoms with Crippen molar-refractivity contribution in [3.63, 3.8) is 0 Å². The molecule has 1 aliphatic rings. The first-order chi connectivity index (χ1) is 7.78. The second-order valence-corrected chi connectivity index (χ2v) is 4.24. The summed E-state index contributed by atoms with van der Waals surface area (Å²) in [5.41, 5.74) is 1.19. The van der Waals surface area contributed by atoms with Gasteiger partial charge in [-0.2, -0.15) is 0 Å².